The minimum absolute atomic E-state index is 0.330. The number of hydrogen-bond acceptors (Lipinski definition) is 4. The third-order valence-electron chi connectivity index (χ3n) is 6.31. The zero-order chi connectivity index (χ0) is 27.6. The molecular weight excluding hydrogens is 512 g/mol. The van der Waals surface area contributed by atoms with Gasteiger partial charge < -0.3 is 15.0 Å². The first kappa shape index (κ1) is 26.5. The van der Waals surface area contributed by atoms with Gasteiger partial charge in [0.25, 0.3) is 5.91 Å². The number of hydrogen-bond donors (Lipinski definition) is 3. The maximum atomic E-state index is 13.0. The molecule has 2 heterocycles. The summed E-state index contributed by atoms with van der Waals surface area (Å²) in [5, 5.41) is 7.26. The molecule has 7 nitrogen and oxygen atoms in total. The second-order valence-corrected chi connectivity index (χ2v) is 11.1. The van der Waals surface area contributed by atoms with Gasteiger partial charge in [-0.25, -0.2) is 4.79 Å². The van der Waals surface area contributed by atoms with E-state index < -0.39 is 11.7 Å². The van der Waals surface area contributed by atoms with Crippen LogP contribution in [-0.4, -0.2) is 40.6 Å². The molecule has 1 saturated heterocycles. The Kier molecular flexibility index (Phi) is 7.46. The molecule has 0 aliphatic carbocycles. The highest BCUT2D eigenvalue weighted by Crippen LogP contribution is 2.27. The number of aromatic amines is 1. The smallest absolute Gasteiger partial charge is 0.412 e. The van der Waals surface area contributed by atoms with E-state index in [1.807, 2.05) is 12.3 Å². The van der Waals surface area contributed by atoms with Crippen molar-refractivity contribution < 1.29 is 14.3 Å². The summed E-state index contributed by atoms with van der Waals surface area (Å²) in [6.07, 6.45) is 3.45. The van der Waals surface area contributed by atoms with Crippen LogP contribution in [0, 0.1) is 0 Å². The van der Waals surface area contributed by atoms with Crippen molar-refractivity contribution in [1.29, 1.82) is 0 Å². The summed E-state index contributed by atoms with van der Waals surface area (Å²) in [7, 11) is 0. The summed E-state index contributed by atoms with van der Waals surface area (Å²) in [6.45, 7) is 8.01. The van der Waals surface area contributed by atoms with Gasteiger partial charge in [0.15, 0.2) is 0 Å². The van der Waals surface area contributed by atoms with Crippen LogP contribution in [0.1, 0.15) is 42.3 Å². The quantitative estimate of drug-likeness (QED) is 0.238. The molecule has 3 N–H and O–H groups in total. The van der Waals surface area contributed by atoms with Crippen LogP contribution in [-0.2, 0) is 11.3 Å². The van der Waals surface area contributed by atoms with Gasteiger partial charge in [-0.15, -0.1) is 0 Å². The third-order valence-corrected chi connectivity index (χ3v) is 6.64. The highest BCUT2D eigenvalue weighted by molar-refractivity contribution is 6.32. The molecule has 0 saturated carbocycles. The largest absolute Gasteiger partial charge is 0.444 e. The molecule has 0 unspecified atom stereocenters. The number of ether oxygens (including phenoxy) is 1. The molecule has 3 aromatic carbocycles. The Balaban J connectivity index is 1.19. The van der Waals surface area contributed by atoms with Crippen LogP contribution in [0.25, 0.3) is 17.0 Å². The lowest BCUT2D eigenvalue weighted by atomic mass is 10.0. The molecule has 8 heteroatoms. The number of carbonyl (C=O) groups excluding carboxylic acids is 2. The SMILES string of the molecule is CC(C)(C)OC(=O)Nc1ccccc1NC(=O)c1ccc(C=C2CN(Cc3ccc4cc[nH]c4c3)C2)c(Cl)c1. The summed E-state index contributed by atoms with van der Waals surface area (Å²) >= 11 is 6.56. The maximum Gasteiger partial charge on any atom is 0.412 e. The topological polar surface area (TPSA) is 86.5 Å². The molecule has 1 fully saturated rings. The molecule has 1 aliphatic rings. The highest BCUT2D eigenvalue weighted by Gasteiger charge is 2.21. The first-order valence-corrected chi connectivity index (χ1v) is 13.2. The standard InChI is InChI=1S/C31H31ClN4O3/c1-31(2,3)39-30(38)35-27-7-5-4-6-26(27)34-29(37)24-11-10-23(25(32)16-24)14-21-18-36(19-21)17-20-8-9-22-12-13-33-28(22)15-20/h4-16,33H,17-19H2,1-3H3,(H,34,37)(H,35,38). The van der Waals surface area contributed by atoms with Crippen molar-refractivity contribution in [3.63, 3.8) is 0 Å². The van der Waals surface area contributed by atoms with Gasteiger partial charge in [0.1, 0.15) is 5.60 Å². The minimum Gasteiger partial charge on any atom is -0.444 e. The van der Waals surface area contributed by atoms with Crippen molar-refractivity contribution in [2.45, 2.75) is 32.9 Å². The van der Waals surface area contributed by atoms with E-state index >= 15 is 0 Å². The summed E-state index contributed by atoms with van der Waals surface area (Å²) in [5.41, 5.74) is 5.29. The second-order valence-electron chi connectivity index (χ2n) is 10.7. The van der Waals surface area contributed by atoms with Crippen LogP contribution in [0.2, 0.25) is 5.02 Å². The van der Waals surface area contributed by atoms with Gasteiger partial charge in [0.2, 0.25) is 0 Å². The van der Waals surface area contributed by atoms with Gasteiger partial charge in [-0.1, -0.05) is 48.0 Å². The fourth-order valence-corrected chi connectivity index (χ4v) is 4.73. The maximum absolute atomic E-state index is 13.0. The van der Waals surface area contributed by atoms with Crippen LogP contribution >= 0.6 is 11.6 Å². The lowest BCUT2D eigenvalue weighted by Crippen LogP contribution is -2.39. The Labute approximate surface area is 232 Å². The fourth-order valence-electron chi connectivity index (χ4n) is 4.50. The molecule has 0 radical (unpaired) electrons. The number of benzene rings is 3. The predicted molar refractivity (Wildman–Crippen MR) is 157 cm³/mol. The van der Waals surface area contributed by atoms with E-state index in [2.05, 4.69) is 50.9 Å². The van der Waals surface area contributed by atoms with E-state index in [-0.39, 0.29) is 5.91 Å². The Morgan fingerprint density at radius 3 is 2.46 bits per heavy atom. The number of nitrogens with one attached hydrogen (secondary N) is 3. The summed E-state index contributed by atoms with van der Waals surface area (Å²) in [6, 6.07) is 20.8. The Morgan fingerprint density at radius 1 is 1.00 bits per heavy atom. The van der Waals surface area contributed by atoms with Crippen molar-refractivity contribution in [2.24, 2.45) is 0 Å². The van der Waals surface area contributed by atoms with Crippen LogP contribution in [0.5, 0.6) is 0 Å². The first-order chi connectivity index (χ1) is 18.6. The van der Waals surface area contributed by atoms with Crippen molar-refractivity contribution in [3.8, 4) is 0 Å². The van der Waals surface area contributed by atoms with E-state index in [9.17, 15) is 9.59 Å². The van der Waals surface area contributed by atoms with Crippen LogP contribution in [0.15, 0.2) is 78.5 Å². The number of H-pyrrole nitrogens is 1. The summed E-state index contributed by atoms with van der Waals surface area (Å²) < 4.78 is 5.32. The van der Waals surface area contributed by atoms with Gasteiger partial charge in [0.05, 0.1) is 11.4 Å². The number of nitrogens with zero attached hydrogens (tertiary/aromatic N) is 1. The number of aromatic nitrogens is 1. The van der Waals surface area contributed by atoms with E-state index in [0.717, 1.165) is 30.7 Å². The molecule has 0 spiro atoms. The average molecular weight is 543 g/mol. The van der Waals surface area contributed by atoms with Gasteiger partial charge >= 0.3 is 6.09 Å². The third kappa shape index (κ3) is 6.69. The minimum atomic E-state index is -0.634. The number of halogens is 1. The molecule has 0 atom stereocenters. The summed E-state index contributed by atoms with van der Waals surface area (Å²) in [5.74, 6) is -0.330. The average Bonchev–Trinajstić information content (AvgIpc) is 3.31. The van der Waals surface area contributed by atoms with E-state index in [1.54, 1.807) is 57.2 Å². The number of carbonyl (C=O) groups is 2. The van der Waals surface area contributed by atoms with E-state index in [4.69, 9.17) is 16.3 Å². The molecule has 200 valence electrons. The first-order valence-electron chi connectivity index (χ1n) is 12.8. The van der Waals surface area contributed by atoms with Crippen LogP contribution < -0.4 is 10.6 Å². The number of rotatable bonds is 6. The second kappa shape index (κ2) is 11.0. The fraction of sp³-hybridized carbons (Fsp3) is 0.226. The van der Waals surface area contributed by atoms with Gasteiger partial charge in [0, 0.05) is 41.9 Å². The van der Waals surface area contributed by atoms with Crippen molar-refractivity contribution in [1.82, 2.24) is 9.88 Å². The number of para-hydroxylation sites is 2. The molecule has 0 bridgehead atoms. The van der Waals surface area contributed by atoms with Gasteiger partial charge in [-0.3, -0.25) is 15.0 Å². The van der Waals surface area contributed by atoms with Gasteiger partial charge in [-0.05, 0) is 79.3 Å². The number of likely N-dealkylation sites (tertiary alicyclic amines) is 1. The lowest BCUT2D eigenvalue weighted by molar-refractivity contribution is 0.0635. The Hall–Kier alpha value is -4.07. The Morgan fingerprint density at radius 2 is 1.74 bits per heavy atom. The normalized spacial score (nSPS) is 13.6. The molecular formula is C31H31ClN4O3. The number of fused-ring (bicyclic) bond motifs is 1. The number of anilines is 2. The monoisotopic (exact) mass is 542 g/mol. The van der Waals surface area contributed by atoms with Crippen molar-refractivity contribution >= 4 is 52.0 Å². The number of amides is 2. The zero-order valence-corrected chi connectivity index (χ0v) is 22.9. The van der Waals surface area contributed by atoms with Crippen LogP contribution in [0.3, 0.4) is 0 Å². The highest BCUT2D eigenvalue weighted by atomic mass is 35.5. The molecule has 2 amide bonds. The van der Waals surface area contributed by atoms with E-state index in [0.29, 0.717) is 22.0 Å². The lowest BCUT2D eigenvalue weighted by Gasteiger charge is -2.34. The van der Waals surface area contributed by atoms with E-state index in [1.165, 1.54) is 16.5 Å². The van der Waals surface area contributed by atoms with Gasteiger partial charge in [-0.2, -0.15) is 0 Å². The van der Waals surface area contributed by atoms with Crippen molar-refractivity contribution in [3.05, 3.63) is 100 Å². The molecule has 1 aromatic heterocycles. The molecule has 1 aliphatic heterocycles. The Bertz CT molecular complexity index is 1560. The zero-order valence-electron chi connectivity index (χ0n) is 22.2. The molecule has 39 heavy (non-hydrogen) atoms. The van der Waals surface area contributed by atoms with Crippen molar-refractivity contribution in [2.75, 3.05) is 23.7 Å². The summed E-state index contributed by atoms with van der Waals surface area (Å²) in [4.78, 5) is 30.8. The molecule has 5 rings (SSSR count). The molecule has 4 aromatic rings. The van der Waals surface area contributed by atoms with Crippen LogP contribution in [0.4, 0.5) is 16.2 Å². The predicted octanol–water partition coefficient (Wildman–Crippen LogP) is 7.32.